The molecule has 1 N–H and O–H groups in total. The van der Waals surface area contributed by atoms with Crippen molar-refractivity contribution < 1.29 is 23.4 Å². The summed E-state index contributed by atoms with van der Waals surface area (Å²) in [5, 5.41) is 15.0. The van der Waals surface area contributed by atoms with Gasteiger partial charge in [-0.05, 0) is 19.9 Å². The number of benzene rings is 1. The van der Waals surface area contributed by atoms with Crippen LogP contribution in [-0.4, -0.2) is 49.5 Å². The van der Waals surface area contributed by atoms with Crippen molar-refractivity contribution in [3.63, 3.8) is 0 Å². The van der Waals surface area contributed by atoms with Crippen LogP contribution < -0.4 is 5.43 Å². The minimum Gasteiger partial charge on any atom is -0.503 e. The van der Waals surface area contributed by atoms with Crippen LogP contribution in [0.5, 0.6) is 5.75 Å². The number of hydrogen-bond acceptors (Lipinski definition) is 5. The van der Waals surface area contributed by atoms with Gasteiger partial charge in [0.05, 0.1) is 43.3 Å². The molecule has 2 aliphatic rings. The van der Waals surface area contributed by atoms with E-state index in [0.717, 1.165) is 12.1 Å². The van der Waals surface area contributed by atoms with E-state index >= 15 is 0 Å². The molecule has 1 atom stereocenters. The first kappa shape index (κ1) is 21.3. The fourth-order valence-electron chi connectivity index (χ4n) is 4.57. The third-order valence-electron chi connectivity index (χ3n) is 6.16. The minimum atomic E-state index is -0.696. The molecule has 8 nitrogen and oxygen atoms in total. The molecule has 0 bridgehead atoms. The maximum Gasteiger partial charge on any atom is 0.274 e. The van der Waals surface area contributed by atoms with Gasteiger partial charge in [-0.1, -0.05) is 6.07 Å². The van der Waals surface area contributed by atoms with Gasteiger partial charge in [0.15, 0.2) is 11.4 Å². The number of carbonyl (C=O) groups excluding carboxylic acids is 1. The van der Waals surface area contributed by atoms with E-state index in [2.05, 4.69) is 5.10 Å². The lowest BCUT2D eigenvalue weighted by molar-refractivity contribution is 0.0203. The van der Waals surface area contributed by atoms with Gasteiger partial charge < -0.3 is 19.3 Å². The summed E-state index contributed by atoms with van der Waals surface area (Å²) in [6.45, 7) is 4.63. The van der Waals surface area contributed by atoms with Crippen molar-refractivity contribution in [2.45, 2.75) is 39.1 Å². The minimum absolute atomic E-state index is 0.0206. The van der Waals surface area contributed by atoms with E-state index in [1.54, 1.807) is 15.7 Å². The lowest BCUT2D eigenvalue weighted by Crippen LogP contribution is -2.50. The summed E-state index contributed by atoms with van der Waals surface area (Å²) in [4.78, 5) is 27.9. The van der Waals surface area contributed by atoms with E-state index < -0.39 is 28.7 Å². The number of carbonyl (C=O) groups is 1. The molecular weight excluding hydrogens is 434 g/mol. The summed E-state index contributed by atoms with van der Waals surface area (Å²) in [5.74, 6) is -2.37. The normalized spacial score (nSPS) is 17.5. The molecule has 33 heavy (non-hydrogen) atoms. The van der Waals surface area contributed by atoms with Crippen LogP contribution >= 0.6 is 0 Å². The Balaban J connectivity index is 1.60. The van der Waals surface area contributed by atoms with Crippen molar-refractivity contribution in [2.24, 2.45) is 0 Å². The molecule has 0 aliphatic carbocycles. The van der Waals surface area contributed by atoms with Gasteiger partial charge in [-0.3, -0.25) is 14.3 Å². The number of aromatic hydroxyl groups is 1. The molecule has 2 aliphatic heterocycles. The van der Waals surface area contributed by atoms with Crippen LogP contribution in [0, 0.1) is 11.6 Å². The average molecular weight is 456 g/mol. The highest BCUT2D eigenvalue weighted by Crippen LogP contribution is 2.36. The fraction of sp³-hybridized carbons (Fsp3) is 0.348. The van der Waals surface area contributed by atoms with Gasteiger partial charge in [-0.25, -0.2) is 8.78 Å². The Morgan fingerprint density at radius 1 is 1.27 bits per heavy atom. The molecule has 0 saturated carbocycles. The van der Waals surface area contributed by atoms with Crippen LogP contribution in [0.3, 0.4) is 0 Å². The lowest BCUT2D eigenvalue weighted by Gasteiger charge is -2.42. The van der Waals surface area contributed by atoms with Crippen LogP contribution in [0.25, 0.3) is 11.1 Å². The molecule has 172 valence electrons. The van der Waals surface area contributed by atoms with Crippen LogP contribution in [0.1, 0.15) is 41.6 Å². The number of rotatable bonds is 4. The zero-order valence-electron chi connectivity index (χ0n) is 18.1. The lowest BCUT2D eigenvalue weighted by atomic mass is 9.99. The summed E-state index contributed by atoms with van der Waals surface area (Å²) in [5.41, 5.74) is 0.622. The quantitative estimate of drug-likeness (QED) is 0.652. The summed E-state index contributed by atoms with van der Waals surface area (Å²) < 4.78 is 36.1. The largest absolute Gasteiger partial charge is 0.503 e. The van der Waals surface area contributed by atoms with Crippen LogP contribution in [0.15, 0.2) is 35.4 Å². The highest BCUT2D eigenvalue weighted by atomic mass is 19.1. The maximum atomic E-state index is 14.0. The first-order valence-electron chi connectivity index (χ1n) is 10.6. The van der Waals surface area contributed by atoms with E-state index in [0.29, 0.717) is 24.4 Å². The Morgan fingerprint density at radius 2 is 2.06 bits per heavy atom. The zero-order chi connectivity index (χ0) is 23.4. The third-order valence-corrected chi connectivity index (χ3v) is 6.16. The van der Waals surface area contributed by atoms with E-state index in [-0.39, 0.29) is 42.1 Å². The number of pyridine rings is 1. The Bertz CT molecular complexity index is 1330. The van der Waals surface area contributed by atoms with E-state index in [1.807, 2.05) is 13.8 Å². The molecule has 3 aromatic rings. The summed E-state index contributed by atoms with van der Waals surface area (Å²) in [6, 6.07) is 2.95. The maximum absolute atomic E-state index is 14.0. The number of halogens is 2. The summed E-state index contributed by atoms with van der Waals surface area (Å²) in [6.07, 6.45) is 2.99. The Labute approximate surface area is 187 Å². The van der Waals surface area contributed by atoms with Crippen molar-refractivity contribution in [3.8, 4) is 16.9 Å². The summed E-state index contributed by atoms with van der Waals surface area (Å²) in [7, 11) is 0. The van der Waals surface area contributed by atoms with Gasteiger partial charge in [-0.2, -0.15) is 5.10 Å². The fourth-order valence-corrected chi connectivity index (χ4v) is 4.57. The molecule has 0 radical (unpaired) electrons. The van der Waals surface area contributed by atoms with E-state index in [1.165, 1.54) is 16.9 Å². The van der Waals surface area contributed by atoms with Gasteiger partial charge in [0, 0.05) is 36.0 Å². The highest BCUT2D eigenvalue weighted by Gasteiger charge is 2.40. The van der Waals surface area contributed by atoms with Crippen molar-refractivity contribution in [2.75, 3.05) is 13.2 Å². The van der Waals surface area contributed by atoms with Crippen molar-refractivity contribution in [1.82, 2.24) is 19.2 Å². The smallest absolute Gasteiger partial charge is 0.274 e. The number of nitrogens with zero attached hydrogens (tertiary/aromatic N) is 4. The topological polar surface area (TPSA) is 89.6 Å². The average Bonchev–Trinajstić information content (AvgIpc) is 3.22. The standard InChI is InChI=1S/C23H22F2N4O4/c1-12(2)28-9-16-10-33-11-18-19(21(30)22(31)20(23(28)32)29(16)18)14-6-26-27(8-14)7-13-3-4-15(24)5-17(13)25/h3-6,8,12,16,31H,7,9-11H2,1-2H3/t16-/m1/s1. The molecule has 1 amide bonds. The molecule has 4 heterocycles. The molecular formula is C23H22F2N4O4. The number of hydrogen-bond donors (Lipinski definition) is 1. The predicted molar refractivity (Wildman–Crippen MR) is 114 cm³/mol. The molecule has 10 heteroatoms. The van der Waals surface area contributed by atoms with Crippen LogP contribution in [-0.2, 0) is 17.9 Å². The zero-order valence-corrected chi connectivity index (χ0v) is 18.1. The molecule has 1 aromatic carbocycles. The van der Waals surface area contributed by atoms with Crippen LogP contribution in [0.4, 0.5) is 8.78 Å². The molecule has 0 fully saturated rings. The first-order valence-corrected chi connectivity index (χ1v) is 10.6. The van der Waals surface area contributed by atoms with Crippen LogP contribution in [0.2, 0.25) is 0 Å². The second kappa shape index (κ2) is 7.80. The second-order valence-corrected chi connectivity index (χ2v) is 8.60. The molecule has 2 aromatic heterocycles. The van der Waals surface area contributed by atoms with E-state index in [4.69, 9.17) is 4.74 Å². The monoisotopic (exact) mass is 456 g/mol. The summed E-state index contributed by atoms with van der Waals surface area (Å²) >= 11 is 0. The van der Waals surface area contributed by atoms with Gasteiger partial charge in [0.25, 0.3) is 5.91 Å². The highest BCUT2D eigenvalue weighted by molar-refractivity contribution is 5.97. The third kappa shape index (κ3) is 3.41. The Morgan fingerprint density at radius 3 is 2.79 bits per heavy atom. The Kier molecular flexibility index (Phi) is 5.04. The molecule has 5 rings (SSSR count). The number of ether oxygens (including phenoxy) is 1. The molecule has 0 spiro atoms. The SMILES string of the molecule is CC(C)N1C[C@@H]2COCc3c(-c4cnn(Cc5ccc(F)cc5F)c4)c(=O)c(O)c(n32)C1=O. The Hall–Kier alpha value is -3.53. The van der Waals surface area contributed by atoms with Crippen molar-refractivity contribution >= 4 is 5.91 Å². The molecule has 0 saturated heterocycles. The second-order valence-electron chi connectivity index (χ2n) is 8.60. The van der Waals surface area contributed by atoms with Gasteiger partial charge in [-0.15, -0.1) is 0 Å². The first-order chi connectivity index (χ1) is 15.8. The number of aromatic nitrogens is 3. The van der Waals surface area contributed by atoms with E-state index in [9.17, 15) is 23.5 Å². The van der Waals surface area contributed by atoms with Crippen molar-refractivity contribution in [3.05, 3.63) is 69.4 Å². The predicted octanol–water partition coefficient (Wildman–Crippen LogP) is 2.68. The van der Waals surface area contributed by atoms with Gasteiger partial charge >= 0.3 is 0 Å². The molecule has 0 unspecified atom stereocenters. The van der Waals surface area contributed by atoms with Gasteiger partial charge in [0.2, 0.25) is 5.43 Å². The number of amides is 1. The van der Waals surface area contributed by atoms with Gasteiger partial charge in [0.1, 0.15) is 11.6 Å². The van der Waals surface area contributed by atoms with Crippen molar-refractivity contribution in [1.29, 1.82) is 0 Å².